The van der Waals surface area contributed by atoms with E-state index < -0.39 is 0 Å². The monoisotopic (exact) mass is 189 g/mol. The lowest BCUT2D eigenvalue weighted by Gasteiger charge is -2.24. The molecule has 1 aliphatic heterocycles. The molecule has 1 aromatic carbocycles. The molecule has 1 atom stereocenters. The maximum atomic E-state index is 3.58. The van der Waals surface area contributed by atoms with Gasteiger partial charge in [-0.3, -0.25) is 0 Å². The molecule has 0 amide bonds. The average molecular weight is 189 g/mol. The first kappa shape index (κ1) is 9.72. The largest absolute Gasteiger partial charge is 0.310 e. The van der Waals surface area contributed by atoms with Crippen LogP contribution < -0.4 is 5.32 Å². The summed E-state index contributed by atoms with van der Waals surface area (Å²) < 4.78 is 0. The van der Waals surface area contributed by atoms with Crippen LogP contribution in [-0.2, 0) is 0 Å². The van der Waals surface area contributed by atoms with Gasteiger partial charge in [0.15, 0.2) is 0 Å². The fourth-order valence-corrected chi connectivity index (χ4v) is 2.12. The Morgan fingerprint density at radius 1 is 1.14 bits per heavy atom. The fourth-order valence-electron chi connectivity index (χ4n) is 2.12. The van der Waals surface area contributed by atoms with Crippen LogP contribution in [0.3, 0.4) is 0 Å². The molecule has 1 N–H and O–H groups in total. The van der Waals surface area contributed by atoms with Gasteiger partial charge in [-0.15, -0.1) is 0 Å². The van der Waals surface area contributed by atoms with E-state index in [-0.39, 0.29) is 0 Å². The standard InChI is InChI=1S/C13H19N/c1-10-6-7-12(9-11(10)2)13-5-3-4-8-14-13/h6-7,9,13-14H,3-5,8H2,1-2H3/t13-/m0/s1. The van der Waals surface area contributed by atoms with Gasteiger partial charge in [0.2, 0.25) is 0 Å². The van der Waals surface area contributed by atoms with Crippen LogP contribution in [0.1, 0.15) is 42.0 Å². The topological polar surface area (TPSA) is 12.0 Å². The summed E-state index contributed by atoms with van der Waals surface area (Å²) in [6.45, 7) is 5.55. The third kappa shape index (κ3) is 1.98. The third-order valence-electron chi connectivity index (χ3n) is 3.24. The lowest BCUT2D eigenvalue weighted by atomic mass is 9.95. The number of nitrogens with one attached hydrogen (secondary N) is 1. The van der Waals surface area contributed by atoms with Crippen molar-refractivity contribution in [2.75, 3.05) is 6.54 Å². The SMILES string of the molecule is Cc1ccc([C@@H]2CCCCN2)cc1C. The van der Waals surface area contributed by atoms with Gasteiger partial charge in [0.25, 0.3) is 0 Å². The van der Waals surface area contributed by atoms with Gasteiger partial charge in [-0.05, 0) is 49.9 Å². The van der Waals surface area contributed by atoms with Crippen LogP contribution in [0.5, 0.6) is 0 Å². The molecular formula is C13H19N. The molecule has 0 spiro atoms. The molecule has 1 saturated heterocycles. The summed E-state index contributed by atoms with van der Waals surface area (Å²) in [5.74, 6) is 0. The molecule has 1 fully saturated rings. The molecule has 1 heteroatoms. The molecular weight excluding hydrogens is 170 g/mol. The van der Waals surface area contributed by atoms with Crippen molar-refractivity contribution < 1.29 is 0 Å². The Bertz CT molecular complexity index is 311. The van der Waals surface area contributed by atoms with Gasteiger partial charge in [0, 0.05) is 6.04 Å². The van der Waals surface area contributed by atoms with E-state index in [1.54, 1.807) is 0 Å². The second kappa shape index (κ2) is 4.14. The van der Waals surface area contributed by atoms with Crippen LogP contribution in [0.4, 0.5) is 0 Å². The van der Waals surface area contributed by atoms with Crippen molar-refractivity contribution in [3.63, 3.8) is 0 Å². The molecule has 1 heterocycles. The highest BCUT2D eigenvalue weighted by Crippen LogP contribution is 2.24. The van der Waals surface area contributed by atoms with Crippen LogP contribution in [0.25, 0.3) is 0 Å². The fraction of sp³-hybridized carbons (Fsp3) is 0.538. The molecule has 0 saturated carbocycles. The van der Waals surface area contributed by atoms with Crippen molar-refractivity contribution in [3.05, 3.63) is 34.9 Å². The smallest absolute Gasteiger partial charge is 0.0320 e. The molecule has 1 nitrogen and oxygen atoms in total. The van der Waals surface area contributed by atoms with Crippen molar-refractivity contribution in [1.29, 1.82) is 0 Å². The van der Waals surface area contributed by atoms with E-state index in [9.17, 15) is 0 Å². The maximum absolute atomic E-state index is 3.58. The van der Waals surface area contributed by atoms with Gasteiger partial charge in [-0.1, -0.05) is 24.6 Å². The lowest BCUT2D eigenvalue weighted by molar-refractivity contribution is 0.412. The van der Waals surface area contributed by atoms with Crippen molar-refractivity contribution in [2.45, 2.75) is 39.2 Å². The molecule has 2 rings (SSSR count). The number of piperidine rings is 1. The van der Waals surface area contributed by atoms with E-state index in [1.807, 2.05) is 0 Å². The quantitative estimate of drug-likeness (QED) is 0.715. The van der Waals surface area contributed by atoms with Gasteiger partial charge < -0.3 is 5.32 Å². The Kier molecular flexibility index (Phi) is 2.87. The molecule has 0 radical (unpaired) electrons. The highest BCUT2D eigenvalue weighted by atomic mass is 14.9. The van der Waals surface area contributed by atoms with Crippen LogP contribution in [0, 0.1) is 13.8 Å². The van der Waals surface area contributed by atoms with Crippen LogP contribution in [-0.4, -0.2) is 6.54 Å². The first-order valence-electron chi connectivity index (χ1n) is 5.58. The predicted molar refractivity (Wildman–Crippen MR) is 60.5 cm³/mol. The zero-order valence-electron chi connectivity index (χ0n) is 9.14. The zero-order valence-corrected chi connectivity index (χ0v) is 9.14. The van der Waals surface area contributed by atoms with Gasteiger partial charge >= 0.3 is 0 Å². The van der Waals surface area contributed by atoms with Gasteiger partial charge in [0.1, 0.15) is 0 Å². The summed E-state index contributed by atoms with van der Waals surface area (Å²) in [5.41, 5.74) is 4.27. The Balaban J connectivity index is 2.18. The Morgan fingerprint density at radius 3 is 2.64 bits per heavy atom. The zero-order chi connectivity index (χ0) is 9.97. The van der Waals surface area contributed by atoms with E-state index in [0.717, 1.165) is 0 Å². The third-order valence-corrected chi connectivity index (χ3v) is 3.24. The summed E-state index contributed by atoms with van der Waals surface area (Å²) in [6.07, 6.45) is 3.99. The first-order valence-corrected chi connectivity index (χ1v) is 5.58. The molecule has 0 aliphatic carbocycles. The lowest BCUT2D eigenvalue weighted by Crippen LogP contribution is -2.26. The van der Waals surface area contributed by atoms with Gasteiger partial charge in [-0.25, -0.2) is 0 Å². The van der Waals surface area contributed by atoms with Crippen LogP contribution >= 0.6 is 0 Å². The van der Waals surface area contributed by atoms with Crippen LogP contribution in [0.2, 0.25) is 0 Å². The predicted octanol–water partition coefficient (Wildman–Crippen LogP) is 3.12. The van der Waals surface area contributed by atoms with Gasteiger partial charge in [0.05, 0.1) is 0 Å². The average Bonchev–Trinajstić information content (AvgIpc) is 2.23. The van der Waals surface area contributed by atoms with E-state index >= 15 is 0 Å². The molecule has 0 bridgehead atoms. The molecule has 1 aromatic rings. The highest BCUT2D eigenvalue weighted by Gasteiger charge is 2.14. The molecule has 76 valence electrons. The number of rotatable bonds is 1. The first-order chi connectivity index (χ1) is 6.77. The molecule has 0 unspecified atom stereocenters. The van der Waals surface area contributed by atoms with Crippen LogP contribution in [0.15, 0.2) is 18.2 Å². The van der Waals surface area contributed by atoms with Crippen molar-refractivity contribution >= 4 is 0 Å². The summed E-state index contributed by atoms with van der Waals surface area (Å²) in [4.78, 5) is 0. The van der Waals surface area contributed by atoms with Crippen molar-refractivity contribution in [1.82, 2.24) is 5.32 Å². The molecule has 1 aliphatic rings. The second-order valence-corrected chi connectivity index (χ2v) is 4.35. The Hall–Kier alpha value is -0.820. The minimum atomic E-state index is 0.600. The Labute approximate surface area is 86.5 Å². The second-order valence-electron chi connectivity index (χ2n) is 4.35. The summed E-state index contributed by atoms with van der Waals surface area (Å²) in [5, 5.41) is 3.58. The summed E-state index contributed by atoms with van der Waals surface area (Å²) >= 11 is 0. The minimum absolute atomic E-state index is 0.600. The number of aryl methyl sites for hydroxylation is 2. The van der Waals surface area contributed by atoms with E-state index in [2.05, 4.69) is 37.4 Å². The normalized spacial score (nSPS) is 22.3. The summed E-state index contributed by atoms with van der Waals surface area (Å²) in [7, 11) is 0. The maximum Gasteiger partial charge on any atom is 0.0320 e. The number of benzene rings is 1. The summed E-state index contributed by atoms with van der Waals surface area (Å²) in [6, 6.07) is 7.44. The highest BCUT2D eigenvalue weighted by molar-refractivity contribution is 5.31. The number of hydrogen-bond acceptors (Lipinski definition) is 1. The molecule has 0 aromatic heterocycles. The van der Waals surface area contributed by atoms with E-state index in [0.29, 0.717) is 6.04 Å². The van der Waals surface area contributed by atoms with E-state index in [1.165, 1.54) is 42.5 Å². The Morgan fingerprint density at radius 2 is 2.00 bits per heavy atom. The van der Waals surface area contributed by atoms with Crippen molar-refractivity contribution in [3.8, 4) is 0 Å². The molecule has 14 heavy (non-hydrogen) atoms. The van der Waals surface area contributed by atoms with Crippen molar-refractivity contribution in [2.24, 2.45) is 0 Å². The number of hydrogen-bond donors (Lipinski definition) is 1. The minimum Gasteiger partial charge on any atom is -0.310 e. The van der Waals surface area contributed by atoms with Gasteiger partial charge in [-0.2, -0.15) is 0 Å². The van der Waals surface area contributed by atoms with E-state index in [4.69, 9.17) is 0 Å².